The maximum absolute atomic E-state index is 10.7. The van der Waals surface area contributed by atoms with Crippen molar-refractivity contribution in [1.29, 1.82) is 0 Å². The number of carbonyl (C=O) groups is 1. The van der Waals surface area contributed by atoms with Crippen LogP contribution in [0.15, 0.2) is 24.3 Å². The molecule has 0 spiro atoms. The summed E-state index contributed by atoms with van der Waals surface area (Å²) in [5.74, 6) is -0.987. The van der Waals surface area contributed by atoms with Crippen molar-refractivity contribution in [2.45, 2.75) is 25.4 Å². The van der Waals surface area contributed by atoms with E-state index in [0.717, 1.165) is 43.3 Å². The van der Waals surface area contributed by atoms with Crippen molar-refractivity contribution in [3.63, 3.8) is 0 Å². The van der Waals surface area contributed by atoms with E-state index in [1.54, 1.807) is 6.07 Å². The molecule has 0 amide bonds. The molecular formula is C16H20ClNO3. The summed E-state index contributed by atoms with van der Waals surface area (Å²) in [5.41, 5.74) is 1.63. The predicted molar refractivity (Wildman–Crippen MR) is 85.0 cm³/mol. The number of likely N-dealkylation sites (N-methyl/N-ethyl adjacent to an activating group) is 1. The fourth-order valence-corrected chi connectivity index (χ4v) is 2.77. The number of carboxylic acid groups (broad SMARTS) is 1. The topological polar surface area (TPSA) is 49.8 Å². The number of benzene rings is 1. The molecule has 0 saturated carbocycles. The first-order chi connectivity index (χ1) is 10.1. The van der Waals surface area contributed by atoms with Gasteiger partial charge in [0, 0.05) is 42.5 Å². The van der Waals surface area contributed by atoms with Gasteiger partial charge in [-0.1, -0.05) is 17.7 Å². The molecule has 0 radical (unpaired) electrons. The van der Waals surface area contributed by atoms with Crippen molar-refractivity contribution >= 4 is 29.3 Å². The molecular weight excluding hydrogens is 290 g/mol. The Bertz CT molecular complexity index is 524. The van der Waals surface area contributed by atoms with Crippen LogP contribution in [0, 0.1) is 0 Å². The number of ether oxygens (including phenoxy) is 1. The van der Waals surface area contributed by atoms with Crippen LogP contribution in [-0.4, -0.2) is 37.4 Å². The zero-order valence-corrected chi connectivity index (χ0v) is 12.8. The molecule has 4 nitrogen and oxygen atoms in total. The van der Waals surface area contributed by atoms with Crippen molar-refractivity contribution in [3.8, 4) is 0 Å². The molecule has 114 valence electrons. The third-order valence-corrected chi connectivity index (χ3v) is 3.91. The molecule has 1 heterocycles. The van der Waals surface area contributed by atoms with E-state index in [9.17, 15) is 4.79 Å². The summed E-state index contributed by atoms with van der Waals surface area (Å²) >= 11 is 6.20. The van der Waals surface area contributed by atoms with Gasteiger partial charge in [0.15, 0.2) is 0 Å². The molecule has 1 fully saturated rings. The Morgan fingerprint density at radius 2 is 2.33 bits per heavy atom. The van der Waals surface area contributed by atoms with Crippen LogP contribution in [0.25, 0.3) is 6.08 Å². The van der Waals surface area contributed by atoms with Crippen LogP contribution in [0.2, 0.25) is 5.02 Å². The first-order valence-electron chi connectivity index (χ1n) is 7.10. The molecule has 1 N–H and O–H groups in total. The second kappa shape index (κ2) is 7.48. The highest BCUT2D eigenvalue weighted by molar-refractivity contribution is 6.32. The Morgan fingerprint density at radius 1 is 1.52 bits per heavy atom. The SMILES string of the molecule is CN(CC1CCCCO1)c1cccc(Cl)c1C=CC(=O)O. The summed E-state index contributed by atoms with van der Waals surface area (Å²) in [6, 6.07) is 5.57. The Kier molecular flexibility index (Phi) is 5.65. The Balaban J connectivity index is 2.17. The van der Waals surface area contributed by atoms with Gasteiger partial charge in [0.2, 0.25) is 0 Å². The van der Waals surface area contributed by atoms with Gasteiger partial charge in [0.05, 0.1) is 6.10 Å². The van der Waals surface area contributed by atoms with Crippen molar-refractivity contribution in [2.24, 2.45) is 0 Å². The van der Waals surface area contributed by atoms with E-state index in [0.29, 0.717) is 5.02 Å². The van der Waals surface area contributed by atoms with Crippen molar-refractivity contribution in [1.82, 2.24) is 0 Å². The van der Waals surface area contributed by atoms with Gasteiger partial charge in [-0.15, -0.1) is 0 Å². The summed E-state index contributed by atoms with van der Waals surface area (Å²) < 4.78 is 5.75. The van der Waals surface area contributed by atoms with Crippen LogP contribution in [0.1, 0.15) is 24.8 Å². The van der Waals surface area contributed by atoms with Gasteiger partial charge >= 0.3 is 5.97 Å². The minimum absolute atomic E-state index is 0.221. The number of nitrogens with zero attached hydrogens (tertiary/aromatic N) is 1. The smallest absolute Gasteiger partial charge is 0.328 e. The van der Waals surface area contributed by atoms with Gasteiger partial charge in [0.1, 0.15) is 0 Å². The molecule has 5 heteroatoms. The number of rotatable bonds is 5. The monoisotopic (exact) mass is 309 g/mol. The van der Waals surface area contributed by atoms with Gasteiger partial charge in [-0.2, -0.15) is 0 Å². The lowest BCUT2D eigenvalue weighted by atomic mass is 10.1. The van der Waals surface area contributed by atoms with Crippen LogP contribution in [0.3, 0.4) is 0 Å². The molecule has 0 aliphatic carbocycles. The third-order valence-electron chi connectivity index (χ3n) is 3.59. The van der Waals surface area contributed by atoms with E-state index in [2.05, 4.69) is 4.90 Å². The predicted octanol–water partition coefficient (Wildman–Crippen LogP) is 3.44. The van der Waals surface area contributed by atoms with Gasteiger partial charge in [-0.05, 0) is 37.5 Å². The molecule has 1 aromatic carbocycles. The average molecular weight is 310 g/mol. The average Bonchev–Trinajstić information content (AvgIpc) is 2.46. The van der Waals surface area contributed by atoms with Crippen molar-refractivity contribution in [3.05, 3.63) is 34.9 Å². The van der Waals surface area contributed by atoms with Crippen LogP contribution in [-0.2, 0) is 9.53 Å². The second-order valence-electron chi connectivity index (χ2n) is 5.21. The van der Waals surface area contributed by atoms with E-state index in [1.165, 1.54) is 12.5 Å². The molecule has 2 rings (SSSR count). The van der Waals surface area contributed by atoms with Crippen LogP contribution in [0.4, 0.5) is 5.69 Å². The molecule has 1 aliphatic rings. The maximum atomic E-state index is 10.7. The molecule has 0 bridgehead atoms. The maximum Gasteiger partial charge on any atom is 0.328 e. The van der Waals surface area contributed by atoms with Crippen LogP contribution in [0.5, 0.6) is 0 Å². The molecule has 1 aromatic rings. The van der Waals surface area contributed by atoms with Gasteiger partial charge in [-0.3, -0.25) is 0 Å². The number of hydrogen-bond acceptors (Lipinski definition) is 3. The van der Waals surface area contributed by atoms with Gasteiger partial charge in [0.25, 0.3) is 0 Å². The third kappa shape index (κ3) is 4.48. The van der Waals surface area contributed by atoms with E-state index in [-0.39, 0.29) is 6.10 Å². The zero-order chi connectivity index (χ0) is 15.2. The summed E-state index contributed by atoms with van der Waals surface area (Å²) in [6.07, 6.45) is 6.25. The van der Waals surface area contributed by atoms with Crippen LogP contribution >= 0.6 is 11.6 Å². The Hall–Kier alpha value is -1.52. The molecule has 1 atom stereocenters. The van der Waals surface area contributed by atoms with E-state index < -0.39 is 5.97 Å². The van der Waals surface area contributed by atoms with Gasteiger partial charge < -0.3 is 14.7 Å². The van der Waals surface area contributed by atoms with Crippen molar-refractivity contribution < 1.29 is 14.6 Å². The van der Waals surface area contributed by atoms with Crippen LogP contribution < -0.4 is 4.90 Å². The molecule has 21 heavy (non-hydrogen) atoms. The largest absolute Gasteiger partial charge is 0.478 e. The second-order valence-corrected chi connectivity index (χ2v) is 5.62. The van der Waals surface area contributed by atoms with Crippen molar-refractivity contribution in [2.75, 3.05) is 25.1 Å². The summed E-state index contributed by atoms with van der Waals surface area (Å²) in [6.45, 7) is 1.59. The number of hydrogen-bond donors (Lipinski definition) is 1. The minimum atomic E-state index is -0.987. The standard InChI is InChI=1S/C16H20ClNO3/c1-18(11-12-5-2-3-10-21-12)15-7-4-6-14(17)13(15)8-9-16(19)20/h4,6-9,12H,2-3,5,10-11H2,1H3,(H,19,20). The lowest BCUT2D eigenvalue weighted by Crippen LogP contribution is -2.33. The first kappa shape index (κ1) is 15.9. The zero-order valence-electron chi connectivity index (χ0n) is 12.1. The summed E-state index contributed by atoms with van der Waals surface area (Å²) in [4.78, 5) is 12.8. The normalized spacial score (nSPS) is 18.9. The molecule has 1 aliphatic heterocycles. The number of anilines is 1. The fraction of sp³-hybridized carbons (Fsp3) is 0.438. The Morgan fingerprint density at radius 3 is 3.00 bits per heavy atom. The molecule has 1 unspecified atom stereocenters. The molecule has 1 saturated heterocycles. The highest BCUT2D eigenvalue weighted by atomic mass is 35.5. The summed E-state index contributed by atoms with van der Waals surface area (Å²) in [7, 11) is 1.97. The fourth-order valence-electron chi connectivity index (χ4n) is 2.53. The first-order valence-corrected chi connectivity index (χ1v) is 7.48. The summed E-state index contributed by atoms with van der Waals surface area (Å²) in [5, 5.41) is 9.34. The number of aliphatic carboxylic acids is 1. The lowest BCUT2D eigenvalue weighted by molar-refractivity contribution is -0.131. The highest BCUT2D eigenvalue weighted by Gasteiger charge is 2.17. The minimum Gasteiger partial charge on any atom is -0.478 e. The Labute approximate surface area is 130 Å². The van der Waals surface area contributed by atoms with E-state index >= 15 is 0 Å². The quantitative estimate of drug-likeness (QED) is 0.846. The number of carboxylic acids is 1. The highest BCUT2D eigenvalue weighted by Crippen LogP contribution is 2.29. The van der Waals surface area contributed by atoms with Gasteiger partial charge in [-0.25, -0.2) is 4.79 Å². The number of halogens is 1. The van der Waals surface area contributed by atoms with E-state index in [4.69, 9.17) is 21.4 Å². The molecule has 0 aromatic heterocycles. The lowest BCUT2D eigenvalue weighted by Gasteiger charge is -2.29. The van der Waals surface area contributed by atoms with E-state index in [1.807, 2.05) is 19.2 Å².